The van der Waals surface area contributed by atoms with Crippen molar-refractivity contribution >= 4 is 10.8 Å². The zero-order valence-electron chi connectivity index (χ0n) is 21.2. The Kier molecular flexibility index (Phi) is 8.64. The maximum Gasteiger partial charge on any atom is 0.458 e. The van der Waals surface area contributed by atoms with Crippen molar-refractivity contribution in [1.82, 2.24) is 0 Å². The Morgan fingerprint density at radius 3 is 1.90 bits per heavy atom. The summed E-state index contributed by atoms with van der Waals surface area (Å²) in [5.41, 5.74) is 1.42. The molecule has 4 rings (SSSR count). The van der Waals surface area contributed by atoms with Crippen molar-refractivity contribution < 1.29 is 30.7 Å². The van der Waals surface area contributed by atoms with Gasteiger partial charge in [0.05, 0.1) is 11.1 Å². The summed E-state index contributed by atoms with van der Waals surface area (Å²) in [7, 11) is 0. The molecule has 0 spiro atoms. The van der Waals surface area contributed by atoms with E-state index in [1.807, 2.05) is 12.1 Å². The molecule has 0 bridgehead atoms. The van der Waals surface area contributed by atoms with Gasteiger partial charge in [-0.3, -0.25) is 0 Å². The van der Waals surface area contributed by atoms with Crippen LogP contribution in [0.1, 0.15) is 48.4 Å². The summed E-state index contributed by atoms with van der Waals surface area (Å²) in [6.45, 7) is 2.16. The number of hydrogen-bond acceptors (Lipinski definition) is 0. The number of rotatable bonds is 8. The van der Waals surface area contributed by atoms with Crippen molar-refractivity contribution in [3.05, 3.63) is 106 Å². The molecule has 0 atom stereocenters. The first-order valence-corrected chi connectivity index (χ1v) is 12.6. The fraction of sp³-hybridized carbons (Fsp3) is 0.250. The smallest absolute Gasteiger partial charge is 0.206 e. The van der Waals surface area contributed by atoms with Gasteiger partial charge in [0.1, 0.15) is 23.3 Å². The van der Waals surface area contributed by atoms with Crippen molar-refractivity contribution in [2.24, 2.45) is 0 Å². The number of fused-ring (bicyclic) bond motifs is 1. The Balaban J connectivity index is 1.55. The fourth-order valence-electron chi connectivity index (χ4n) is 4.52. The van der Waals surface area contributed by atoms with Crippen LogP contribution >= 0.6 is 0 Å². The molecule has 7 heteroatoms. The van der Waals surface area contributed by atoms with Crippen LogP contribution < -0.4 is 0 Å². The Bertz CT molecular complexity index is 1510. The first kappa shape index (κ1) is 28.2. The molecule has 202 valence electrons. The number of unbranched alkanes of at least 4 members (excludes halogenated alkanes) is 2. The average molecular weight is 543 g/mol. The van der Waals surface area contributed by atoms with Gasteiger partial charge in [0.15, 0.2) is 0 Å². The summed E-state index contributed by atoms with van der Waals surface area (Å²) in [4.78, 5) is 0. The second-order valence-electron chi connectivity index (χ2n) is 9.44. The number of hydrogen-bond donors (Lipinski definition) is 0. The number of alkyl halides is 3. The van der Waals surface area contributed by atoms with Gasteiger partial charge in [-0.2, -0.15) is 13.2 Å². The molecular weight excluding hydrogens is 517 g/mol. The van der Waals surface area contributed by atoms with Crippen LogP contribution in [0.2, 0.25) is 0 Å². The van der Waals surface area contributed by atoms with Crippen molar-refractivity contribution in [3.63, 3.8) is 0 Å². The first-order chi connectivity index (χ1) is 18.6. The third kappa shape index (κ3) is 7.00. The van der Waals surface area contributed by atoms with E-state index in [1.54, 1.807) is 0 Å². The van der Waals surface area contributed by atoms with Gasteiger partial charge in [-0.05, 0) is 77.6 Å². The zero-order chi connectivity index (χ0) is 28.2. The predicted molar refractivity (Wildman–Crippen MR) is 139 cm³/mol. The van der Waals surface area contributed by atoms with Gasteiger partial charge >= 0.3 is 6.18 Å². The summed E-state index contributed by atoms with van der Waals surface area (Å²) in [6, 6.07) is 15.0. The molecular formula is C32H25F7. The lowest BCUT2D eigenvalue weighted by Gasteiger charge is -2.11. The molecule has 0 saturated carbocycles. The van der Waals surface area contributed by atoms with Crippen molar-refractivity contribution in [1.29, 1.82) is 0 Å². The van der Waals surface area contributed by atoms with Gasteiger partial charge in [0.25, 0.3) is 0 Å². The monoisotopic (exact) mass is 542 g/mol. The Morgan fingerprint density at radius 1 is 0.667 bits per heavy atom. The average Bonchev–Trinajstić information content (AvgIpc) is 2.87. The number of benzene rings is 4. The van der Waals surface area contributed by atoms with Crippen LogP contribution in [0, 0.1) is 35.1 Å². The highest BCUT2D eigenvalue weighted by Crippen LogP contribution is 2.32. The van der Waals surface area contributed by atoms with E-state index in [9.17, 15) is 22.0 Å². The molecule has 0 unspecified atom stereocenters. The highest BCUT2D eigenvalue weighted by molar-refractivity contribution is 5.89. The lowest BCUT2D eigenvalue weighted by molar-refractivity contribution is -0.0696. The maximum atomic E-state index is 15.0. The minimum Gasteiger partial charge on any atom is -0.206 e. The van der Waals surface area contributed by atoms with Crippen molar-refractivity contribution in [2.45, 2.75) is 51.6 Å². The van der Waals surface area contributed by atoms with Gasteiger partial charge in [0, 0.05) is 11.3 Å². The first-order valence-electron chi connectivity index (χ1n) is 12.6. The van der Waals surface area contributed by atoms with Crippen molar-refractivity contribution in [3.8, 4) is 23.0 Å². The van der Waals surface area contributed by atoms with E-state index in [0.717, 1.165) is 42.9 Å². The van der Waals surface area contributed by atoms with E-state index in [-0.39, 0.29) is 21.9 Å². The summed E-state index contributed by atoms with van der Waals surface area (Å²) in [5.74, 6) is -1.92. The van der Waals surface area contributed by atoms with Crippen LogP contribution in [0.3, 0.4) is 0 Å². The molecule has 0 N–H and O–H groups in total. The molecule has 0 fully saturated rings. The molecule has 0 saturated heterocycles. The lowest BCUT2D eigenvalue weighted by Crippen LogP contribution is -2.02. The second-order valence-corrected chi connectivity index (χ2v) is 9.44. The van der Waals surface area contributed by atoms with E-state index >= 15 is 8.78 Å². The SMILES string of the molecule is CCCCCc1ccc(CCc2cc(F)c(-c3ccc4c(F)c(C#CC(F)(F)F)c(F)cc4c3)c(F)c2)cc1. The lowest BCUT2D eigenvalue weighted by atomic mass is 9.96. The van der Waals surface area contributed by atoms with E-state index < -0.39 is 35.0 Å². The van der Waals surface area contributed by atoms with Gasteiger partial charge in [-0.25, -0.2) is 17.6 Å². The van der Waals surface area contributed by atoms with Gasteiger partial charge in [-0.15, -0.1) is 0 Å². The summed E-state index contributed by atoms with van der Waals surface area (Å²) >= 11 is 0. The topological polar surface area (TPSA) is 0 Å². The van der Waals surface area contributed by atoms with Gasteiger partial charge < -0.3 is 0 Å². The zero-order valence-corrected chi connectivity index (χ0v) is 21.2. The van der Waals surface area contributed by atoms with Crippen molar-refractivity contribution in [2.75, 3.05) is 0 Å². The third-order valence-corrected chi connectivity index (χ3v) is 6.54. The van der Waals surface area contributed by atoms with E-state index in [1.165, 1.54) is 42.2 Å². The Hall–Kier alpha value is -3.79. The molecule has 0 aromatic heterocycles. The molecule has 0 radical (unpaired) electrons. The minimum atomic E-state index is -4.92. The molecule has 4 aromatic carbocycles. The summed E-state index contributed by atoms with van der Waals surface area (Å²) < 4.78 is 96.3. The van der Waals surface area contributed by atoms with Gasteiger partial charge in [-0.1, -0.05) is 62.1 Å². The van der Waals surface area contributed by atoms with Crippen LogP contribution in [-0.2, 0) is 19.3 Å². The summed E-state index contributed by atoms with van der Waals surface area (Å²) in [6.07, 6.45) is 0.598. The Labute approximate surface area is 222 Å². The minimum absolute atomic E-state index is 0.0376. The molecule has 0 aliphatic carbocycles. The predicted octanol–water partition coefficient (Wildman–Crippen LogP) is 9.49. The largest absolute Gasteiger partial charge is 0.458 e. The van der Waals surface area contributed by atoms with E-state index in [2.05, 4.69) is 19.1 Å². The molecule has 0 amide bonds. The highest BCUT2D eigenvalue weighted by Gasteiger charge is 2.24. The van der Waals surface area contributed by atoms with E-state index in [0.29, 0.717) is 18.4 Å². The maximum absolute atomic E-state index is 15.0. The Morgan fingerprint density at radius 2 is 1.28 bits per heavy atom. The third-order valence-electron chi connectivity index (χ3n) is 6.54. The molecule has 4 aromatic rings. The van der Waals surface area contributed by atoms with E-state index in [4.69, 9.17) is 0 Å². The molecule has 0 aliphatic rings. The molecule has 39 heavy (non-hydrogen) atoms. The van der Waals surface area contributed by atoms with Crippen LogP contribution in [-0.4, -0.2) is 6.18 Å². The van der Waals surface area contributed by atoms with Crippen LogP contribution in [0.25, 0.3) is 21.9 Å². The fourth-order valence-corrected chi connectivity index (χ4v) is 4.52. The molecule has 0 aliphatic heterocycles. The van der Waals surface area contributed by atoms with Crippen LogP contribution in [0.5, 0.6) is 0 Å². The highest BCUT2D eigenvalue weighted by atomic mass is 19.4. The molecule has 0 nitrogen and oxygen atoms in total. The van der Waals surface area contributed by atoms with Crippen LogP contribution in [0.15, 0.2) is 60.7 Å². The number of halogens is 7. The quantitative estimate of drug-likeness (QED) is 0.118. The summed E-state index contributed by atoms with van der Waals surface area (Å²) in [5, 5.41) is -0.290. The second kappa shape index (κ2) is 11.9. The standard InChI is InChI=1S/C32H25F7/c1-2-3-4-5-20-6-8-21(9-7-20)10-11-22-16-28(34)30(29(35)17-22)23-12-13-25-24(18-23)19-27(33)26(31(25)36)14-15-32(37,38)39/h6-9,12-13,16-19H,2-5,10-11H2,1H3. The van der Waals surface area contributed by atoms with Crippen LogP contribution in [0.4, 0.5) is 30.7 Å². The normalized spacial score (nSPS) is 11.5. The molecule has 0 heterocycles. The number of aryl methyl sites for hydroxylation is 3. The van der Waals surface area contributed by atoms with Gasteiger partial charge in [0.2, 0.25) is 0 Å².